The fraction of sp³-hybridized carbons (Fsp3) is 0.625. The maximum absolute atomic E-state index is 13.7. The highest BCUT2D eigenvalue weighted by atomic mass is 19.1. The van der Waals surface area contributed by atoms with Gasteiger partial charge in [-0.15, -0.1) is 0 Å². The van der Waals surface area contributed by atoms with Gasteiger partial charge in [-0.1, -0.05) is 12.1 Å². The summed E-state index contributed by atoms with van der Waals surface area (Å²) < 4.78 is 18.9. The van der Waals surface area contributed by atoms with Gasteiger partial charge >= 0.3 is 0 Å². The lowest BCUT2D eigenvalue weighted by molar-refractivity contribution is 0.170. The quantitative estimate of drug-likeness (QED) is 0.851. The first kappa shape index (κ1) is 13.1. The van der Waals surface area contributed by atoms with Crippen molar-refractivity contribution in [1.29, 1.82) is 0 Å². The van der Waals surface area contributed by atoms with Gasteiger partial charge in [-0.3, -0.25) is 0 Å². The summed E-state index contributed by atoms with van der Waals surface area (Å²) in [4.78, 5) is 0. The number of hydrogen-bond donors (Lipinski definition) is 1. The predicted octanol–water partition coefficient (Wildman–Crippen LogP) is 3.22. The number of nitrogens with one attached hydrogen (secondary N) is 1. The summed E-state index contributed by atoms with van der Waals surface area (Å²) in [5, 5.41) is 3.65. The summed E-state index contributed by atoms with van der Waals surface area (Å²) in [6.07, 6.45) is 5.62. The number of rotatable bonds is 6. The lowest BCUT2D eigenvalue weighted by Gasteiger charge is -2.20. The van der Waals surface area contributed by atoms with Crippen LogP contribution in [0.2, 0.25) is 0 Å². The standard InChI is InChI=1S/C16H22FNO/c1-19-10-9-16(7-8-16)11-18-15-6-5-12-13(15)3-2-4-14(12)17/h2-4,15,18H,5-11H2,1H3. The second-order valence-electron chi connectivity index (χ2n) is 6.02. The summed E-state index contributed by atoms with van der Waals surface area (Å²) in [6, 6.07) is 5.80. The molecule has 0 aromatic heterocycles. The molecule has 0 amide bonds. The van der Waals surface area contributed by atoms with Crippen LogP contribution >= 0.6 is 0 Å². The molecular formula is C16H22FNO. The van der Waals surface area contributed by atoms with Crippen molar-refractivity contribution in [3.8, 4) is 0 Å². The van der Waals surface area contributed by atoms with Crippen LogP contribution in [0.3, 0.4) is 0 Å². The van der Waals surface area contributed by atoms with E-state index < -0.39 is 0 Å². The first-order chi connectivity index (χ1) is 9.24. The van der Waals surface area contributed by atoms with Crippen molar-refractivity contribution < 1.29 is 9.13 Å². The van der Waals surface area contributed by atoms with Crippen molar-refractivity contribution >= 4 is 0 Å². The highest BCUT2D eigenvalue weighted by molar-refractivity contribution is 5.35. The van der Waals surface area contributed by atoms with Gasteiger partial charge in [0.15, 0.2) is 0 Å². The van der Waals surface area contributed by atoms with Crippen molar-refractivity contribution in [2.75, 3.05) is 20.3 Å². The molecule has 1 aromatic carbocycles. The van der Waals surface area contributed by atoms with Gasteiger partial charge in [0.25, 0.3) is 0 Å². The van der Waals surface area contributed by atoms with Crippen LogP contribution in [-0.2, 0) is 11.2 Å². The first-order valence-electron chi connectivity index (χ1n) is 7.24. The maximum Gasteiger partial charge on any atom is 0.126 e. The van der Waals surface area contributed by atoms with Gasteiger partial charge in [-0.25, -0.2) is 4.39 Å². The third-order valence-corrected chi connectivity index (χ3v) is 4.73. The Bertz CT molecular complexity index is 456. The van der Waals surface area contributed by atoms with Crippen molar-refractivity contribution in [2.24, 2.45) is 5.41 Å². The molecule has 0 saturated heterocycles. The number of ether oxygens (including phenoxy) is 1. The zero-order valence-electron chi connectivity index (χ0n) is 11.5. The Kier molecular flexibility index (Phi) is 3.59. The third-order valence-electron chi connectivity index (χ3n) is 4.73. The minimum atomic E-state index is -0.0395. The van der Waals surface area contributed by atoms with Gasteiger partial charge in [0, 0.05) is 26.3 Å². The zero-order chi connectivity index (χ0) is 13.3. The monoisotopic (exact) mass is 263 g/mol. The van der Waals surface area contributed by atoms with Gasteiger partial charge in [0.1, 0.15) is 5.82 Å². The van der Waals surface area contributed by atoms with Crippen LogP contribution in [0.25, 0.3) is 0 Å². The normalized spacial score (nSPS) is 23.4. The summed E-state index contributed by atoms with van der Waals surface area (Å²) in [7, 11) is 1.76. The Balaban J connectivity index is 1.60. The average molecular weight is 263 g/mol. The lowest BCUT2D eigenvalue weighted by Crippen LogP contribution is -2.28. The summed E-state index contributed by atoms with van der Waals surface area (Å²) >= 11 is 0. The molecule has 3 heteroatoms. The summed E-state index contributed by atoms with van der Waals surface area (Å²) in [5.41, 5.74) is 2.54. The number of benzene rings is 1. The summed E-state index contributed by atoms with van der Waals surface area (Å²) in [6.45, 7) is 1.88. The largest absolute Gasteiger partial charge is 0.385 e. The number of fused-ring (bicyclic) bond motifs is 1. The number of halogens is 1. The molecule has 0 spiro atoms. The lowest BCUT2D eigenvalue weighted by atomic mass is 10.0. The Morgan fingerprint density at radius 3 is 3.00 bits per heavy atom. The average Bonchev–Trinajstić information content (AvgIpc) is 3.07. The molecule has 0 bridgehead atoms. The molecule has 2 aliphatic rings. The van der Waals surface area contributed by atoms with E-state index in [9.17, 15) is 4.39 Å². The van der Waals surface area contributed by atoms with E-state index in [0.29, 0.717) is 11.5 Å². The van der Waals surface area contributed by atoms with Gasteiger partial charge < -0.3 is 10.1 Å². The molecule has 0 aliphatic heterocycles. The van der Waals surface area contributed by atoms with E-state index in [1.165, 1.54) is 18.4 Å². The third kappa shape index (κ3) is 2.67. The molecule has 2 aliphatic carbocycles. The smallest absolute Gasteiger partial charge is 0.126 e. The van der Waals surface area contributed by atoms with E-state index >= 15 is 0 Å². The molecular weight excluding hydrogens is 241 g/mol. The van der Waals surface area contributed by atoms with Crippen molar-refractivity contribution in [1.82, 2.24) is 5.32 Å². The van der Waals surface area contributed by atoms with Crippen LogP contribution in [0.15, 0.2) is 18.2 Å². The molecule has 2 nitrogen and oxygen atoms in total. The minimum absolute atomic E-state index is 0.0395. The van der Waals surface area contributed by atoms with E-state index in [0.717, 1.165) is 38.0 Å². The van der Waals surface area contributed by atoms with Crippen molar-refractivity contribution in [3.05, 3.63) is 35.1 Å². The molecule has 1 fully saturated rings. The van der Waals surface area contributed by atoms with E-state index in [1.54, 1.807) is 13.2 Å². The minimum Gasteiger partial charge on any atom is -0.385 e. The van der Waals surface area contributed by atoms with E-state index in [4.69, 9.17) is 4.74 Å². The highest BCUT2D eigenvalue weighted by Crippen LogP contribution is 2.48. The Morgan fingerprint density at radius 1 is 1.42 bits per heavy atom. The van der Waals surface area contributed by atoms with Crippen LogP contribution in [-0.4, -0.2) is 20.3 Å². The highest BCUT2D eigenvalue weighted by Gasteiger charge is 2.42. The van der Waals surface area contributed by atoms with E-state index in [2.05, 4.69) is 11.4 Å². The van der Waals surface area contributed by atoms with E-state index in [1.807, 2.05) is 6.07 Å². The molecule has 1 N–H and O–H groups in total. The Labute approximate surface area is 114 Å². The fourth-order valence-electron chi connectivity index (χ4n) is 3.17. The topological polar surface area (TPSA) is 21.3 Å². The molecule has 1 atom stereocenters. The molecule has 104 valence electrons. The molecule has 3 rings (SSSR count). The molecule has 0 radical (unpaired) electrons. The molecule has 1 saturated carbocycles. The SMILES string of the molecule is COCCC1(CNC2CCc3c(F)cccc32)CC1. The second kappa shape index (κ2) is 5.22. The predicted molar refractivity (Wildman–Crippen MR) is 73.6 cm³/mol. The Morgan fingerprint density at radius 2 is 2.26 bits per heavy atom. The van der Waals surface area contributed by atoms with Gasteiger partial charge in [-0.2, -0.15) is 0 Å². The van der Waals surface area contributed by atoms with Crippen LogP contribution in [0.5, 0.6) is 0 Å². The van der Waals surface area contributed by atoms with Crippen molar-refractivity contribution in [3.63, 3.8) is 0 Å². The summed E-state index contributed by atoms with van der Waals surface area (Å²) in [5.74, 6) is -0.0395. The van der Waals surface area contributed by atoms with Crippen molar-refractivity contribution in [2.45, 2.75) is 38.1 Å². The molecule has 1 unspecified atom stereocenters. The van der Waals surface area contributed by atoms with Crippen LogP contribution < -0.4 is 5.32 Å². The first-order valence-corrected chi connectivity index (χ1v) is 7.24. The number of hydrogen-bond acceptors (Lipinski definition) is 2. The molecule has 19 heavy (non-hydrogen) atoms. The second-order valence-corrected chi connectivity index (χ2v) is 6.02. The van der Waals surface area contributed by atoms with E-state index in [-0.39, 0.29) is 5.82 Å². The van der Waals surface area contributed by atoms with Gasteiger partial charge in [-0.05, 0) is 54.7 Å². The zero-order valence-corrected chi connectivity index (χ0v) is 11.5. The van der Waals surface area contributed by atoms with Crippen LogP contribution in [0.1, 0.15) is 42.9 Å². The fourth-order valence-corrected chi connectivity index (χ4v) is 3.17. The Hall–Kier alpha value is -0.930. The number of methoxy groups -OCH3 is 1. The maximum atomic E-state index is 13.7. The van der Waals surface area contributed by atoms with Gasteiger partial charge in [0.05, 0.1) is 0 Å². The molecule has 0 heterocycles. The van der Waals surface area contributed by atoms with Gasteiger partial charge in [0.2, 0.25) is 0 Å². The molecule has 1 aromatic rings. The van der Waals surface area contributed by atoms with Crippen LogP contribution in [0, 0.1) is 11.2 Å². The van der Waals surface area contributed by atoms with Crippen LogP contribution in [0.4, 0.5) is 4.39 Å².